The molecule has 11 heavy (non-hydrogen) atoms. The average molecular weight is 174 g/mol. The van der Waals surface area contributed by atoms with E-state index in [9.17, 15) is 0 Å². The lowest BCUT2D eigenvalue weighted by molar-refractivity contribution is 0.602. The van der Waals surface area contributed by atoms with E-state index in [0.717, 1.165) is 19.6 Å². The molecular formula is C8H22N2Si. The fourth-order valence-electron chi connectivity index (χ4n) is 1.08. The number of unbranched alkanes of at least 4 members (excludes halogenated alkanes) is 3. The van der Waals surface area contributed by atoms with Crippen LogP contribution in [0.2, 0.25) is 6.04 Å². The van der Waals surface area contributed by atoms with Gasteiger partial charge in [-0.25, -0.2) is 0 Å². The van der Waals surface area contributed by atoms with Crippen molar-refractivity contribution in [3.05, 3.63) is 0 Å². The largest absolute Gasteiger partial charge is 0.329 e. The number of nitrogens with two attached hydrogens (primary N) is 1. The molecule has 0 aromatic carbocycles. The van der Waals surface area contributed by atoms with E-state index in [2.05, 4.69) is 5.32 Å². The first-order chi connectivity index (χ1) is 5.41. The van der Waals surface area contributed by atoms with Crippen LogP contribution in [-0.4, -0.2) is 29.9 Å². The molecule has 0 unspecified atom stereocenters. The van der Waals surface area contributed by atoms with Crippen LogP contribution >= 0.6 is 0 Å². The van der Waals surface area contributed by atoms with E-state index in [1.807, 2.05) is 0 Å². The van der Waals surface area contributed by atoms with Crippen LogP contribution in [0.1, 0.15) is 25.7 Å². The van der Waals surface area contributed by atoms with Gasteiger partial charge in [-0.1, -0.05) is 25.3 Å². The first kappa shape index (κ1) is 11.1. The van der Waals surface area contributed by atoms with Crippen LogP contribution in [0.25, 0.3) is 0 Å². The quantitative estimate of drug-likeness (QED) is 0.398. The molecule has 0 aliphatic carbocycles. The van der Waals surface area contributed by atoms with Crippen molar-refractivity contribution in [1.29, 1.82) is 0 Å². The summed E-state index contributed by atoms with van der Waals surface area (Å²) in [5.41, 5.74) is 5.33. The second-order valence-corrected chi connectivity index (χ2v) is 3.95. The molecule has 0 fully saturated rings. The fraction of sp³-hybridized carbons (Fsp3) is 1.00. The second kappa shape index (κ2) is 10.1. The molecule has 0 amide bonds. The van der Waals surface area contributed by atoms with E-state index in [1.165, 1.54) is 42.0 Å². The van der Waals surface area contributed by atoms with Gasteiger partial charge < -0.3 is 11.1 Å². The summed E-state index contributed by atoms with van der Waals surface area (Å²) in [6.07, 6.45) is 5.58. The zero-order valence-corrected chi connectivity index (χ0v) is 9.73. The van der Waals surface area contributed by atoms with Crippen molar-refractivity contribution in [2.75, 3.05) is 19.6 Å². The molecule has 3 N–H and O–H groups in total. The Kier molecular flexibility index (Phi) is 10.3. The SMILES string of the molecule is NCCNCCCCCC[SiH3]. The first-order valence-electron chi connectivity index (χ1n) is 4.82. The van der Waals surface area contributed by atoms with E-state index in [-0.39, 0.29) is 0 Å². The predicted octanol–water partition coefficient (Wildman–Crippen LogP) is -0.121. The van der Waals surface area contributed by atoms with E-state index >= 15 is 0 Å². The van der Waals surface area contributed by atoms with Crippen molar-refractivity contribution in [2.45, 2.75) is 31.7 Å². The van der Waals surface area contributed by atoms with Gasteiger partial charge in [-0.3, -0.25) is 0 Å². The first-order valence-corrected chi connectivity index (χ1v) is 6.24. The highest BCUT2D eigenvalue weighted by Gasteiger charge is 1.87. The molecule has 0 saturated carbocycles. The van der Waals surface area contributed by atoms with Crippen LogP contribution in [0.15, 0.2) is 0 Å². The Morgan fingerprint density at radius 1 is 1.00 bits per heavy atom. The van der Waals surface area contributed by atoms with Crippen molar-refractivity contribution < 1.29 is 0 Å². The molecule has 0 spiro atoms. The Balaban J connectivity index is 2.69. The normalized spacial score (nSPS) is 10.6. The Hall–Kier alpha value is 0.137. The smallest absolute Gasteiger partial charge is 0.00745 e. The molecule has 0 saturated heterocycles. The van der Waals surface area contributed by atoms with Gasteiger partial charge in [0.2, 0.25) is 0 Å². The van der Waals surface area contributed by atoms with E-state index in [0.29, 0.717) is 0 Å². The van der Waals surface area contributed by atoms with Crippen molar-refractivity contribution in [3.63, 3.8) is 0 Å². The maximum atomic E-state index is 5.33. The molecule has 0 atom stereocenters. The number of hydrogen-bond donors (Lipinski definition) is 2. The molecule has 0 heterocycles. The van der Waals surface area contributed by atoms with Crippen molar-refractivity contribution >= 4 is 10.2 Å². The summed E-state index contributed by atoms with van der Waals surface area (Å²) >= 11 is 0. The van der Waals surface area contributed by atoms with Crippen molar-refractivity contribution in [3.8, 4) is 0 Å². The van der Waals surface area contributed by atoms with Gasteiger partial charge in [-0.15, -0.1) is 0 Å². The highest BCUT2D eigenvalue weighted by atomic mass is 28.1. The second-order valence-electron chi connectivity index (χ2n) is 2.95. The molecule has 0 aromatic heterocycles. The zero-order chi connectivity index (χ0) is 8.36. The average Bonchev–Trinajstić information content (AvgIpc) is 2.03. The molecule has 68 valence electrons. The summed E-state index contributed by atoms with van der Waals surface area (Å²) in [6, 6.07) is 1.47. The van der Waals surface area contributed by atoms with Gasteiger partial charge in [0, 0.05) is 23.3 Å². The lowest BCUT2D eigenvalue weighted by Crippen LogP contribution is -2.23. The minimum Gasteiger partial charge on any atom is -0.329 e. The molecule has 2 nitrogen and oxygen atoms in total. The van der Waals surface area contributed by atoms with Gasteiger partial charge in [0.25, 0.3) is 0 Å². The Morgan fingerprint density at radius 3 is 2.36 bits per heavy atom. The molecule has 0 aliphatic rings. The van der Waals surface area contributed by atoms with Crippen LogP contribution in [0.4, 0.5) is 0 Å². The third-order valence-electron chi connectivity index (χ3n) is 1.78. The van der Waals surface area contributed by atoms with Crippen molar-refractivity contribution in [1.82, 2.24) is 5.32 Å². The third kappa shape index (κ3) is 10.1. The fourth-order valence-corrected chi connectivity index (χ4v) is 1.58. The summed E-state index contributed by atoms with van der Waals surface area (Å²) < 4.78 is 0. The lowest BCUT2D eigenvalue weighted by atomic mass is 10.2. The van der Waals surface area contributed by atoms with Gasteiger partial charge in [0.1, 0.15) is 0 Å². The Morgan fingerprint density at radius 2 is 1.73 bits per heavy atom. The van der Waals surface area contributed by atoms with Crippen molar-refractivity contribution in [2.24, 2.45) is 5.73 Å². The molecular weight excluding hydrogens is 152 g/mol. The highest BCUT2D eigenvalue weighted by molar-refractivity contribution is 6.08. The molecule has 0 rings (SSSR count). The minimum absolute atomic E-state index is 0.764. The van der Waals surface area contributed by atoms with Crippen LogP contribution in [0.3, 0.4) is 0 Å². The maximum Gasteiger partial charge on any atom is 0.00745 e. The van der Waals surface area contributed by atoms with Crippen LogP contribution < -0.4 is 11.1 Å². The van der Waals surface area contributed by atoms with E-state index in [4.69, 9.17) is 5.73 Å². The number of hydrogen-bond acceptors (Lipinski definition) is 2. The van der Waals surface area contributed by atoms with Gasteiger partial charge >= 0.3 is 0 Å². The maximum absolute atomic E-state index is 5.33. The summed E-state index contributed by atoms with van der Waals surface area (Å²) in [6.45, 7) is 2.89. The summed E-state index contributed by atoms with van der Waals surface area (Å²) in [7, 11) is 1.38. The highest BCUT2D eigenvalue weighted by Crippen LogP contribution is 2.00. The Labute approximate surface area is 73.4 Å². The summed E-state index contributed by atoms with van der Waals surface area (Å²) in [5.74, 6) is 0. The summed E-state index contributed by atoms with van der Waals surface area (Å²) in [4.78, 5) is 0. The predicted molar refractivity (Wildman–Crippen MR) is 55.1 cm³/mol. The zero-order valence-electron chi connectivity index (χ0n) is 7.73. The summed E-state index contributed by atoms with van der Waals surface area (Å²) in [5, 5.41) is 3.30. The van der Waals surface area contributed by atoms with E-state index in [1.54, 1.807) is 0 Å². The van der Waals surface area contributed by atoms with Gasteiger partial charge in [0.05, 0.1) is 0 Å². The third-order valence-corrected chi connectivity index (χ3v) is 2.49. The monoisotopic (exact) mass is 174 g/mol. The topological polar surface area (TPSA) is 38.0 Å². The van der Waals surface area contributed by atoms with Crippen LogP contribution in [-0.2, 0) is 0 Å². The van der Waals surface area contributed by atoms with E-state index < -0.39 is 0 Å². The lowest BCUT2D eigenvalue weighted by Gasteiger charge is -2.01. The van der Waals surface area contributed by atoms with Gasteiger partial charge in [0.15, 0.2) is 0 Å². The number of rotatable bonds is 8. The van der Waals surface area contributed by atoms with Crippen LogP contribution in [0, 0.1) is 0 Å². The molecule has 0 aromatic rings. The van der Waals surface area contributed by atoms with Gasteiger partial charge in [-0.2, -0.15) is 0 Å². The molecule has 0 radical (unpaired) electrons. The standard InChI is InChI=1S/C8H22N2Si/c9-5-7-10-6-3-1-2-4-8-11/h10H,1-9H2,11H3. The molecule has 0 aliphatic heterocycles. The molecule has 0 bridgehead atoms. The van der Waals surface area contributed by atoms with Gasteiger partial charge in [-0.05, 0) is 13.0 Å². The number of nitrogens with one attached hydrogen (secondary N) is 1. The van der Waals surface area contributed by atoms with Crippen LogP contribution in [0.5, 0.6) is 0 Å². The molecule has 3 heteroatoms. The minimum atomic E-state index is 0.764. The Bertz CT molecular complexity index is 61.1.